The Balaban J connectivity index is 1.92. The predicted molar refractivity (Wildman–Crippen MR) is 74.2 cm³/mol. The number of nitrogens with zero attached hydrogens (tertiary/aromatic N) is 1. The first-order chi connectivity index (χ1) is 8.59. The largest absolute Gasteiger partial charge is 0.320 e. The molecule has 1 fully saturated rings. The molecule has 0 aliphatic carbocycles. The van der Waals surface area contributed by atoms with E-state index in [1.54, 1.807) is 11.3 Å². The van der Waals surface area contributed by atoms with Crippen LogP contribution in [0.3, 0.4) is 0 Å². The lowest BCUT2D eigenvalue weighted by atomic mass is 10.4. The van der Waals surface area contributed by atoms with Crippen molar-refractivity contribution < 1.29 is 8.42 Å². The van der Waals surface area contributed by atoms with E-state index in [0.717, 1.165) is 11.4 Å². The van der Waals surface area contributed by atoms with Gasteiger partial charge in [0.1, 0.15) is 0 Å². The number of hydrogen-bond donors (Lipinski definition) is 1. The Morgan fingerprint density at radius 1 is 1.33 bits per heavy atom. The summed E-state index contributed by atoms with van der Waals surface area (Å²) in [4.78, 5) is 4.41. The third-order valence-corrected chi connectivity index (χ3v) is 5.39. The zero-order chi connectivity index (χ0) is 13.0. The summed E-state index contributed by atoms with van der Waals surface area (Å²) in [6, 6.07) is 4.04. The van der Waals surface area contributed by atoms with Crippen LogP contribution < -0.4 is 5.73 Å². The third kappa shape index (κ3) is 3.82. The predicted octanol–water partition coefficient (Wildman–Crippen LogP) is 0.289. The Morgan fingerprint density at radius 3 is 2.72 bits per heavy atom. The van der Waals surface area contributed by atoms with E-state index in [4.69, 9.17) is 5.73 Å². The summed E-state index contributed by atoms with van der Waals surface area (Å²) in [5, 5.41) is 0. The summed E-state index contributed by atoms with van der Waals surface area (Å²) in [7, 11) is -2.79. The molecule has 1 saturated heterocycles. The van der Waals surface area contributed by atoms with Gasteiger partial charge in [0.2, 0.25) is 0 Å². The molecule has 1 aromatic rings. The average Bonchev–Trinajstić information content (AvgIpc) is 2.77. The van der Waals surface area contributed by atoms with Crippen LogP contribution in [0, 0.1) is 11.8 Å². The van der Waals surface area contributed by atoms with Crippen molar-refractivity contribution in [3.8, 4) is 11.8 Å². The smallest absolute Gasteiger partial charge is 0.152 e. The molecule has 4 nitrogen and oxygen atoms in total. The number of rotatable bonds is 2. The Labute approximate surface area is 112 Å². The van der Waals surface area contributed by atoms with Gasteiger partial charge < -0.3 is 5.73 Å². The molecule has 0 saturated carbocycles. The SMILES string of the molecule is NCC#Cc1ccc(CN2CCS(=O)(=O)CC2)s1. The molecule has 2 N–H and O–H groups in total. The molecule has 1 aliphatic rings. The topological polar surface area (TPSA) is 63.4 Å². The van der Waals surface area contributed by atoms with Gasteiger partial charge in [-0.25, -0.2) is 8.42 Å². The molecule has 1 aromatic heterocycles. The first-order valence-corrected chi connectivity index (χ1v) is 8.43. The molecule has 6 heteroatoms. The number of nitrogens with two attached hydrogens (primary N) is 1. The van der Waals surface area contributed by atoms with Crippen LogP contribution in [0.5, 0.6) is 0 Å². The maximum atomic E-state index is 11.3. The van der Waals surface area contributed by atoms with Gasteiger partial charge in [-0.1, -0.05) is 11.8 Å². The maximum absolute atomic E-state index is 11.3. The Morgan fingerprint density at radius 2 is 2.06 bits per heavy atom. The van der Waals surface area contributed by atoms with Crippen molar-refractivity contribution in [1.29, 1.82) is 0 Å². The highest BCUT2D eigenvalue weighted by Gasteiger charge is 2.21. The van der Waals surface area contributed by atoms with Crippen molar-refractivity contribution in [2.45, 2.75) is 6.54 Å². The molecule has 1 aliphatic heterocycles. The van der Waals surface area contributed by atoms with Gasteiger partial charge in [0.25, 0.3) is 0 Å². The van der Waals surface area contributed by atoms with E-state index >= 15 is 0 Å². The molecule has 0 amide bonds. The molecule has 0 spiro atoms. The first kappa shape index (κ1) is 13.6. The van der Waals surface area contributed by atoms with Crippen LogP contribution >= 0.6 is 11.3 Å². The standard InChI is InChI=1S/C12H16N2O2S2/c13-5-1-2-11-3-4-12(17-11)10-14-6-8-18(15,16)9-7-14/h3-4H,5-10,13H2. The van der Waals surface area contributed by atoms with Crippen molar-refractivity contribution in [3.05, 3.63) is 21.9 Å². The van der Waals surface area contributed by atoms with E-state index in [0.29, 0.717) is 19.6 Å². The molecule has 0 bridgehead atoms. The van der Waals surface area contributed by atoms with Crippen LogP contribution in [0.15, 0.2) is 12.1 Å². The fourth-order valence-electron chi connectivity index (χ4n) is 1.80. The molecule has 0 aromatic carbocycles. The second-order valence-electron chi connectivity index (χ2n) is 4.20. The van der Waals surface area contributed by atoms with Crippen LogP contribution in [0.25, 0.3) is 0 Å². The van der Waals surface area contributed by atoms with Crippen LogP contribution in [0.4, 0.5) is 0 Å². The van der Waals surface area contributed by atoms with E-state index in [1.165, 1.54) is 4.88 Å². The van der Waals surface area contributed by atoms with Gasteiger partial charge in [0.05, 0.1) is 22.9 Å². The summed E-state index contributed by atoms with van der Waals surface area (Å²) in [6.07, 6.45) is 0. The van der Waals surface area contributed by atoms with E-state index in [9.17, 15) is 8.42 Å². The summed E-state index contributed by atoms with van der Waals surface area (Å²) >= 11 is 1.65. The van der Waals surface area contributed by atoms with Crippen LogP contribution in [0.1, 0.15) is 9.75 Å². The van der Waals surface area contributed by atoms with Gasteiger partial charge in [-0.05, 0) is 12.1 Å². The highest BCUT2D eigenvalue weighted by Crippen LogP contribution is 2.18. The van der Waals surface area contributed by atoms with Crippen molar-refractivity contribution in [2.75, 3.05) is 31.1 Å². The third-order valence-electron chi connectivity index (χ3n) is 2.79. The zero-order valence-electron chi connectivity index (χ0n) is 10.1. The molecule has 2 heterocycles. The highest BCUT2D eigenvalue weighted by molar-refractivity contribution is 7.91. The van der Waals surface area contributed by atoms with Crippen LogP contribution in [-0.4, -0.2) is 44.5 Å². The molecule has 98 valence electrons. The molecule has 0 unspecified atom stereocenters. The molecular weight excluding hydrogens is 268 g/mol. The highest BCUT2D eigenvalue weighted by atomic mass is 32.2. The van der Waals surface area contributed by atoms with E-state index in [2.05, 4.69) is 16.7 Å². The fourth-order valence-corrected chi connectivity index (χ4v) is 4.00. The lowest BCUT2D eigenvalue weighted by Crippen LogP contribution is -2.39. The Hall–Kier alpha value is -0.870. The lowest BCUT2D eigenvalue weighted by Gasteiger charge is -2.25. The van der Waals surface area contributed by atoms with Crippen molar-refractivity contribution >= 4 is 21.2 Å². The van der Waals surface area contributed by atoms with E-state index < -0.39 is 9.84 Å². The van der Waals surface area contributed by atoms with Crippen molar-refractivity contribution in [2.24, 2.45) is 5.73 Å². The molecular formula is C12H16N2O2S2. The van der Waals surface area contributed by atoms with Crippen molar-refractivity contribution in [3.63, 3.8) is 0 Å². The van der Waals surface area contributed by atoms with E-state index in [-0.39, 0.29) is 11.5 Å². The number of hydrogen-bond acceptors (Lipinski definition) is 5. The van der Waals surface area contributed by atoms with Gasteiger partial charge in [-0.3, -0.25) is 4.90 Å². The average molecular weight is 284 g/mol. The van der Waals surface area contributed by atoms with Gasteiger partial charge in [-0.2, -0.15) is 0 Å². The fraction of sp³-hybridized carbons (Fsp3) is 0.500. The summed E-state index contributed by atoms with van der Waals surface area (Å²) < 4.78 is 22.6. The van der Waals surface area contributed by atoms with Crippen LogP contribution in [0.2, 0.25) is 0 Å². The maximum Gasteiger partial charge on any atom is 0.152 e. The molecule has 0 radical (unpaired) electrons. The minimum absolute atomic E-state index is 0.276. The summed E-state index contributed by atoms with van der Waals surface area (Å²) in [6.45, 7) is 2.44. The minimum Gasteiger partial charge on any atom is -0.320 e. The second kappa shape index (κ2) is 5.85. The molecule has 18 heavy (non-hydrogen) atoms. The number of sulfone groups is 1. The molecule has 2 rings (SSSR count). The number of thiophene rings is 1. The quantitative estimate of drug-likeness (QED) is 0.793. The van der Waals surface area contributed by atoms with Gasteiger partial charge in [0.15, 0.2) is 9.84 Å². The van der Waals surface area contributed by atoms with Crippen molar-refractivity contribution in [1.82, 2.24) is 4.90 Å². The van der Waals surface area contributed by atoms with Gasteiger partial charge in [0, 0.05) is 24.5 Å². The summed E-state index contributed by atoms with van der Waals surface area (Å²) in [5.41, 5.74) is 5.32. The molecule has 0 atom stereocenters. The Bertz CT molecular complexity index is 552. The lowest BCUT2D eigenvalue weighted by molar-refractivity contribution is 0.290. The Kier molecular flexibility index (Phi) is 4.40. The monoisotopic (exact) mass is 284 g/mol. The second-order valence-corrected chi connectivity index (χ2v) is 7.67. The normalized spacial score (nSPS) is 19.2. The van der Waals surface area contributed by atoms with Crippen LogP contribution in [-0.2, 0) is 16.4 Å². The first-order valence-electron chi connectivity index (χ1n) is 5.79. The van der Waals surface area contributed by atoms with Gasteiger partial charge >= 0.3 is 0 Å². The zero-order valence-corrected chi connectivity index (χ0v) is 11.7. The van der Waals surface area contributed by atoms with Gasteiger partial charge in [-0.15, -0.1) is 11.3 Å². The minimum atomic E-state index is -2.79. The summed E-state index contributed by atoms with van der Waals surface area (Å²) in [5.74, 6) is 6.38. The van der Waals surface area contributed by atoms with E-state index in [1.807, 2.05) is 12.1 Å².